The van der Waals surface area contributed by atoms with Gasteiger partial charge in [0.05, 0.1) is 0 Å². The molecule has 0 aliphatic rings. The van der Waals surface area contributed by atoms with Gasteiger partial charge in [0.1, 0.15) is 0 Å². The van der Waals surface area contributed by atoms with E-state index in [1.807, 2.05) is 0 Å². The van der Waals surface area contributed by atoms with Crippen molar-refractivity contribution in [3.8, 4) is 0 Å². The van der Waals surface area contributed by atoms with Gasteiger partial charge in [-0.05, 0) is 0 Å². The molecule has 9 heteroatoms. The van der Waals surface area contributed by atoms with E-state index in [-0.39, 0.29) is 361 Å². The Bertz CT molecular complexity index is 21.5. The maximum Gasteiger partial charge on any atom is 0 e. The Hall–Kier alpha value is 9.94. The Morgan fingerprint density at radius 2 is 0.227 bits per heavy atom. The van der Waals surface area contributed by atoms with E-state index in [0.29, 0.717) is 0 Å². The van der Waals surface area contributed by atoms with Crippen LogP contribution in [0.3, 0.4) is 0 Å². The molecule has 0 rings (SSSR count). The molecule has 0 unspecified atom stereocenters. The Labute approximate surface area is 378 Å². The van der Waals surface area contributed by atoms with Crippen LogP contribution < -0.4 is 0 Å². The SMILES string of the molecule is [CH2-]C.[CH2-]C.[CH3-].[CH3-].[CH3-].[CH3-].[CH3-].[CH3-].[CH3-].[CH3-].[CH3-].[Y].[Y].[Y].[Y].[Y].[Y].[Y].[Y].[Y]. The molecule has 0 spiro atoms. The molecule has 0 saturated carbocycles. The average Bonchev–Trinajstić information content (AvgIpc) is 1.50. The summed E-state index contributed by atoms with van der Waals surface area (Å²) < 4.78 is 0. The van der Waals surface area contributed by atoms with E-state index in [1.165, 1.54) is 0 Å². The van der Waals surface area contributed by atoms with Crippen molar-refractivity contribution < 1.29 is 294 Å². The van der Waals surface area contributed by atoms with Gasteiger partial charge in [0.2, 0.25) is 0 Å². The average molecular weight is 994 g/mol. The van der Waals surface area contributed by atoms with Crippen molar-refractivity contribution in [1.82, 2.24) is 0 Å². The summed E-state index contributed by atoms with van der Waals surface area (Å²) in [4.78, 5) is 0. The molecular formula is C13H37Y9-11. The van der Waals surface area contributed by atoms with Gasteiger partial charge in [-0.3, -0.25) is 0 Å². The molecule has 0 bridgehead atoms. The summed E-state index contributed by atoms with van der Waals surface area (Å²) in [6, 6.07) is 0. The molecule has 0 atom stereocenters. The molecule has 22 heavy (non-hydrogen) atoms. The zero-order valence-corrected chi connectivity index (χ0v) is 43.2. The zero-order valence-electron chi connectivity index (χ0n) is 17.6. The molecule has 0 aromatic heterocycles. The number of hydrogen-bond acceptors (Lipinski definition) is 0. The van der Waals surface area contributed by atoms with Gasteiger partial charge in [0.25, 0.3) is 0 Å². The quantitative estimate of drug-likeness (QED) is 0.274. The van der Waals surface area contributed by atoms with Crippen LogP contribution in [-0.4, -0.2) is 0 Å². The summed E-state index contributed by atoms with van der Waals surface area (Å²) >= 11 is 0. The second kappa shape index (κ2) is 281. The first-order valence-electron chi connectivity index (χ1n) is 1.41. The van der Waals surface area contributed by atoms with Crippen LogP contribution in [-0.2, 0) is 294 Å². The second-order valence-corrected chi connectivity index (χ2v) is 0. The van der Waals surface area contributed by atoms with Crippen LogP contribution in [0.1, 0.15) is 13.8 Å². The standard InChI is InChI=1S/2C2H5.9CH3.9Y/c2*1-2;;;;;;;;;;;;;;;;;;/h2*1H2,2H3;9*1H3;;;;;;;;;/q11*-1;;;;;;;;;. The van der Waals surface area contributed by atoms with Crippen molar-refractivity contribution in [2.24, 2.45) is 0 Å². The Balaban J connectivity index is -0.000000000111. The number of rotatable bonds is 0. The van der Waals surface area contributed by atoms with E-state index < -0.39 is 0 Å². The molecular weight excluding hydrogens is 956 g/mol. The summed E-state index contributed by atoms with van der Waals surface area (Å²) in [5.41, 5.74) is 0. The van der Waals surface area contributed by atoms with E-state index >= 15 is 0 Å². The van der Waals surface area contributed by atoms with Crippen molar-refractivity contribution in [1.29, 1.82) is 0 Å². The van der Waals surface area contributed by atoms with Gasteiger partial charge in [-0.25, -0.2) is 0 Å². The fraction of sp³-hybridized carbons (Fsp3) is 0.154. The molecule has 0 aromatic carbocycles. The predicted molar refractivity (Wildman–Crippen MR) is 79.8 cm³/mol. The molecule has 127 valence electrons. The fourth-order valence-electron chi connectivity index (χ4n) is 0. The smallest absolute Gasteiger partial charge is 0 e. The molecule has 0 nitrogen and oxygen atoms in total. The molecule has 0 N–H and O–H groups in total. The van der Waals surface area contributed by atoms with Gasteiger partial charge >= 0.3 is 0 Å². The minimum atomic E-state index is 0. The van der Waals surface area contributed by atoms with Crippen LogP contribution >= 0.6 is 0 Å². The summed E-state index contributed by atoms with van der Waals surface area (Å²) in [7, 11) is 0. The molecule has 0 aromatic rings. The van der Waals surface area contributed by atoms with E-state index in [1.54, 1.807) is 13.8 Å². The first kappa shape index (κ1) is 215. The van der Waals surface area contributed by atoms with Crippen LogP contribution in [0.2, 0.25) is 0 Å². The molecule has 0 amide bonds. The van der Waals surface area contributed by atoms with E-state index in [9.17, 15) is 0 Å². The molecule has 0 aliphatic heterocycles. The van der Waals surface area contributed by atoms with Crippen LogP contribution in [0.5, 0.6) is 0 Å². The summed E-state index contributed by atoms with van der Waals surface area (Å²) in [5, 5.41) is 0. The first-order valence-corrected chi connectivity index (χ1v) is 1.41. The Morgan fingerprint density at radius 1 is 0.227 bits per heavy atom. The van der Waals surface area contributed by atoms with Gasteiger partial charge < -0.3 is 80.7 Å². The maximum atomic E-state index is 3.25. The van der Waals surface area contributed by atoms with Crippen molar-refractivity contribution in [3.05, 3.63) is 80.7 Å². The van der Waals surface area contributed by atoms with Gasteiger partial charge in [-0.2, -0.15) is 13.8 Å². The monoisotopic (exact) mass is 993 g/mol. The van der Waals surface area contributed by atoms with Gasteiger partial charge in [-0.1, -0.05) is 0 Å². The van der Waals surface area contributed by atoms with Crippen LogP contribution in [0.4, 0.5) is 0 Å². The van der Waals surface area contributed by atoms with Crippen molar-refractivity contribution in [2.75, 3.05) is 0 Å². The van der Waals surface area contributed by atoms with E-state index in [0.717, 1.165) is 0 Å². The van der Waals surface area contributed by atoms with E-state index in [4.69, 9.17) is 0 Å². The van der Waals surface area contributed by atoms with Crippen molar-refractivity contribution in [3.63, 3.8) is 0 Å². The minimum absolute atomic E-state index is 0. The molecule has 0 heterocycles. The molecule has 0 fully saturated rings. The van der Waals surface area contributed by atoms with Gasteiger partial charge in [-0.15, -0.1) is 0 Å². The maximum absolute atomic E-state index is 3.25. The predicted octanol–water partition coefficient (Wildman–Crippen LogP) is 5.71. The summed E-state index contributed by atoms with van der Waals surface area (Å²) in [5.74, 6) is 0. The fourth-order valence-corrected chi connectivity index (χ4v) is 0. The van der Waals surface area contributed by atoms with E-state index in [2.05, 4.69) is 13.8 Å². The van der Waals surface area contributed by atoms with Crippen LogP contribution in [0, 0.1) is 80.7 Å². The largest absolute Gasteiger partial charge is 0.358 e. The molecule has 0 aliphatic carbocycles. The molecule has 0 saturated heterocycles. The normalized spacial score (nSPS) is 0.545. The topological polar surface area (TPSA) is 0 Å². The van der Waals surface area contributed by atoms with Crippen molar-refractivity contribution >= 4 is 0 Å². The Kier molecular flexibility index (Phi) is 2740. The summed E-state index contributed by atoms with van der Waals surface area (Å²) in [6.45, 7) is 10.0. The van der Waals surface area contributed by atoms with Crippen LogP contribution in [0.25, 0.3) is 0 Å². The number of hydrogen-bond donors (Lipinski definition) is 0. The first-order chi connectivity index (χ1) is 2.00. The third kappa shape index (κ3) is 254. The van der Waals surface area contributed by atoms with Gasteiger partial charge in [0.15, 0.2) is 0 Å². The van der Waals surface area contributed by atoms with Crippen LogP contribution in [0.15, 0.2) is 0 Å². The minimum Gasteiger partial charge on any atom is -0.358 e. The second-order valence-electron chi connectivity index (χ2n) is 0. The van der Waals surface area contributed by atoms with Gasteiger partial charge in [0, 0.05) is 294 Å². The third-order valence-corrected chi connectivity index (χ3v) is 0. The summed E-state index contributed by atoms with van der Waals surface area (Å²) in [6.07, 6.45) is 0. The Morgan fingerprint density at radius 3 is 0.227 bits per heavy atom. The zero-order chi connectivity index (χ0) is 4.00. The molecule has 9 radical (unpaired) electrons. The third-order valence-electron chi connectivity index (χ3n) is 0. The van der Waals surface area contributed by atoms with Crippen molar-refractivity contribution in [2.45, 2.75) is 13.8 Å².